The number of fused-ring (bicyclic) bond motifs is 2. The third-order valence-electron chi connectivity index (χ3n) is 13.8. The topological polar surface area (TPSA) is 55.7 Å². The fourth-order valence-corrected chi connectivity index (χ4v) is 13.3. The molecule has 0 spiro atoms. The first-order valence-corrected chi connectivity index (χ1v) is 23.5. The molecule has 58 heavy (non-hydrogen) atoms. The van der Waals surface area contributed by atoms with E-state index in [2.05, 4.69) is 121 Å². The van der Waals surface area contributed by atoms with Crippen molar-refractivity contribution in [3.05, 3.63) is 169 Å². The summed E-state index contributed by atoms with van der Waals surface area (Å²) in [6.45, 7) is 3.81. The van der Waals surface area contributed by atoms with Crippen LogP contribution >= 0.6 is 7.14 Å². The number of hydrogen-bond acceptors (Lipinski definition) is 4. The lowest BCUT2D eigenvalue weighted by molar-refractivity contribution is -0.0418. The lowest BCUT2D eigenvalue weighted by atomic mass is 9.42. The van der Waals surface area contributed by atoms with Crippen LogP contribution in [0.1, 0.15) is 43.2 Å². The van der Waals surface area contributed by atoms with Crippen molar-refractivity contribution in [2.24, 2.45) is 23.7 Å². The maximum absolute atomic E-state index is 13.8. The van der Waals surface area contributed by atoms with Gasteiger partial charge < -0.3 is 4.57 Å². The van der Waals surface area contributed by atoms with Crippen LogP contribution in [0.5, 0.6) is 0 Å². The Kier molecular flexibility index (Phi) is 8.38. The fraction of sp³-hybridized carbons (Fsp3) is 0.226. The lowest BCUT2D eigenvalue weighted by Crippen LogP contribution is -2.56. The van der Waals surface area contributed by atoms with E-state index in [0.29, 0.717) is 29.3 Å². The molecule has 5 heteroatoms. The van der Waals surface area contributed by atoms with E-state index < -0.39 is 7.14 Å². The Bertz CT molecular complexity index is 2740. The first-order valence-electron chi connectivity index (χ1n) is 20.9. The molecule has 0 aliphatic heterocycles. The quantitative estimate of drug-likeness (QED) is 0.120. The number of nitrogens with zero attached hydrogens (tertiary/aromatic N) is 3. The van der Waals surface area contributed by atoms with Gasteiger partial charge in [-0.25, -0.2) is 15.0 Å². The molecular weight excluding hydrogens is 726 g/mol. The van der Waals surface area contributed by atoms with E-state index in [1.807, 2.05) is 49.7 Å². The highest BCUT2D eigenvalue weighted by atomic mass is 31.2. The molecule has 0 saturated heterocycles. The maximum atomic E-state index is 13.8. The van der Waals surface area contributed by atoms with Crippen LogP contribution < -0.4 is 5.30 Å². The normalized spacial score (nSPS) is 22.4. The fourth-order valence-electron chi connectivity index (χ4n) is 11.8. The second kappa shape index (κ2) is 13.7. The average molecular weight is 772 g/mol. The van der Waals surface area contributed by atoms with Gasteiger partial charge in [-0.3, -0.25) is 0 Å². The van der Waals surface area contributed by atoms with Gasteiger partial charge in [-0.1, -0.05) is 158 Å². The molecule has 4 nitrogen and oxygen atoms in total. The Morgan fingerprint density at radius 3 is 1.21 bits per heavy atom. The number of hydrogen-bond donors (Lipinski definition) is 0. The van der Waals surface area contributed by atoms with Gasteiger partial charge in [0.1, 0.15) is 7.14 Å². The van der Waals surface area contributed by atoms with Crippen molar-refractivity contribution in [3.63, 3.8) is 0 Å². The Morgan fingerprint density at radius 2 is 0.793 bits per heavy atom. The monoisotopic (exact) mass is 771 g/mol. The molecule has 4 aliphatic carbocycles. The van der Waals surface area contributed by atoms with Crippen LogP contribution in [-0.2, 0) is 9.98 Å². The Balaban J connectivity index is 1.04. The summed E-state index contributed by atoms with van der Waals surface area (Å²) in [7, 11) is -2.57. The molecule has 4 saturated carbocycles. The molecule has 12 rings (SSSR count). The van der Waals surface area contributed by atoms with Gasteiger partial charge in [-0.05, 0) is 113 Å². The van der Waals surface area contributed by atoms with Crippen LogP contribution in [0.2, 0.25) is 0 Å². The molecule has 4 bridgehead atoms. The molecule has 4 fully saturated rings. The minimum absolute atomic E-state index is 0.0565. The van der Waals surface area contributed by atoms with Gasteiger partial charge in [0.05, 0.1) is 0 Å². The third-order valence-corrected chi connectivity index (χ3v) is 15.4. The van der Waals surface area contributed by atoms with Gasteiger partial charge in [-0.15, -0.1) is 0 Å². The first kappa shape index (κ1) is 35.5. The van der Waals surface area contributed by atoms with Crippen molar-refractivity contribution in [1.82, 2.24) is 15.0 Å². The first-order chi connectivity index (χ1) is 28.3. The standard InChI is InChI=1S/C53H46N3OP/c1-58(2,57)49-46-19-11-9-17-44(46)48(45-18-10-12-20-47(45)49)36-21-25-40(26-22-36)53(42-30-34-29-35(32-42)33-43(53)31-34)41-27-23-39(24-28-41)52-55-50(37-13-5-3-6-14-37)54-51(56-52)38-15-7-4-8-16-38/h3-28,34-35,42-43H,29-33H2,1-2H3. The van der Waals surface area contributed by atoms with E-state index in [4.69, 9.17) is 15.0 Å². The van der Waals surface area contributed by atoms with Crippen molar-refractivity contribution in [1.29, 1.82) is 0 Å². The molecular formula is C53H46N3OP. The molecule has 8 aromatic rings. The van der Waals surface area contributed by atoms with Gasteiger partial charge >= 0.3 is 0 Å². The van der Waals surface area contributed by atoms with Gasteiger partial charge in [-0.2, -0.15) is 0 Å². The van der Waals surface area contributed by atoms with Gasteiger partial charge in [0.2, 0.25) is 0 Å². The molecule has 1 heterocycles. The van der Waals surface area contributed by atoms with Gasteiger partial charge in [0, 0.05) is 27.4 Å². The highest BCUT2D eigenvalue weighted by Gasteiger charge is 2.58. The molecule has 1 aromatic heterocycles. The highest BCUT2D eigenvalue weighted by molar-refractivity contribution is 7.71. The highest BCUT2D eigenvalue weighted by Crippen LogP contribution is 2.65. The number of rotatable bonds is 7. The SMILES string of the molecule is CP(C)(=O)c1c2ccccc2c(-c2ccc(C3(c4ccc(-c5nc(-c6ccccc6)nc(-c6ccccc6)n5)cc4)C4CC5CC(C4)CC3C5)cc2)c2ccccc12. The van der Waals surface area contributed by atoms with E-state index >= 15 is 0 Å². The molecule has 0 N–H and O–H groups in total. The van der Waals surface area contributed by atoms with Gasteiger partial charge in [0.15, 0.2) is 17.5 Å². The summed E-state index contributed by atoms with van der Waals surface area (Å²) >= 11 is 0. The molecule has 0 amide bonds. The second-order valence-electron chi connectivity index (χ2n) is 17.5. The Labute approximate surface area is 340 Å². The smallest absolute Gasteiger partial charge is 0.164 e. The van der Waals surface area contributed by atoms with Crippen LogP contribution in [0.15, 0.2) is 158 Å². The van der Waals surface area contributed by atoms with E-state index in [0.717, 1.165) is 55.4 Å². The predicted molar refractivity (Wildman–Crippen MR) is 240 cm³/mol. The summed E-state index contributed by atoms with van der Waals surface area (Å²) < 4.78 is 13.8. The molecule has 4 aliphatic rings. The van der Waals surface area contributed by atoms with Crippen molar-refractivity contribution in [2.45, 2.75) is 37.5 Å². The molecule has 0 radical (unpaired) electrons. The molecule has 0 atom stereocenters. The summed E-state index contributed by atoms with van der Waals surface area (Å²) in [6, 6.07) is 56.5. The van der Waals surface area contributed by atoms with Crippen molar-refractivity contribution in [2.75, 3.05) is 13.3 Å². The molecule has 0 unspecified atom stereocenters. The van der Waals surface area contributed by atoms with E-state index in [1.165, 1.54) is 54.4 Å². The van der Waals surface area contributed by atoms with Crippen LogP contribution in [0.25, 0.3) is 66.8 Å². The van der Waals surface area contributed by atoms with Crippen LogP contribution in [-0.4, -0.2) is 28.3 Å². The summed E-state index contributed by atoms with van der Waals surface area (Å²) in [5, 5.41) is 5.50. The summed E-state index contributed by atoms with van der Waals surface area (Å²) in [4.78, 5) is 15.0. The maximum Gasteiger partial charge on any atom is 0.164 e. The van der Waals surface area contributed by atoms with Crippen molar-refractivity contribution >= 4 is 34.0 Å². The zero-order valence-electron chi connectivity index (χ0n) is 33.1. The van der Waals surface area contributed by atoms with E-state index in [1.54, 1.807) is 0 Å². The average Bonchev–Trinajstić information content (AvgIpc) is 3.26. The van der Waals surface area contributed by atoms with Crippen molar-refractivity contribution in [3.8, 4) is 45.3 Å². The zero-order chi connectivity index (χ0) is 39.0. The van der Waals surface area contributed by atoms with E-state index in [9.17, 15) is 4.57 Å². The summed E-state index contributed by atoms with van der Waals surface area (Å²) in [6.07, 6.45) is 6.61. The van der Waals surface area contributed by atoms with Crippen LogP contribution in [0.3, 0.4) is 0 Å². The third kappa shape index (κ3) is 5.71. The number of aromatic nitrogens is 3. The summed E-state index contributed by atoms with van der Waals surface area (Å²) in [5.41, 5.74) is 8.18. The second-order valence-corrected chi connectivity index (χ2v) is 20.7. The molecule has 284 valence electrons. The van der Waals surface area contributed by atoms with Crippen LogP contribution in [0.4, 0.5) is 0 Å². The largest absolute Gasteiger partial charge is 0.319 e. The Morgan fingerprint density at radius 1 is 0.431 bits per heavy atom. The Hall–Kier alpha value is -5.70. The van der Waals surface area contributed by atoms with Crippen molar-refractivity contribution < 1.29 is 4.57 Å². The lowest BCUT2D eigenvalue weighted by Gasteiger charge is -2.62. The summed E-state index contributed by atoms with van der Waals surface area (Å²) in [5.74, 6) is 4.95. The number of benzene rings is 7. The van der Waals surface area contributed by atoms with Gasteiger partial charge in [0.25, 0.3) is 0 Å². The predicted octanol–water partition coefficient (Wildman–Crippen LogP) is 12.8. The minimum atomic E-state index is -2.57. The van der Waals surface area contributed by atoms with E-state index in [-0.39, 0.29) is 5.41 Å². The molecule has 7 aromatic carbocycles. The van der Waals surface area contributed by atoms with Crippen LogP contribution in [0, 0.1) is 23.7 Å². The minimum Gasteiger partial charge on any atom is -0.319 e. The zero-order valence-corrected chi connectivity index (χ0v) is 33.9.